The summed E-state index contributed by atoms with van der Waals surface area (Å²) in [7, 11) is -4.00. The van der Waals surface area contributed by atoms with Gasteiger partial charge in [-0.05, 0) is 79.8 Å². The molecule has 0 spiro atoms. The molecule has 0 unspecified atom stereocenters. The van der Waals surface area contributed by atoms with E-state index in [1.54, 1.807) is 24.3 Å². The lowest BCUT2D eigenvalue weighted by atomic mass is 9.97. The fourth-order valence-electron chi connectivity index (χ4n) is 4.54. The molecule has 0 N–H and O–H groups in total. The van der Waals surface area contributed by atoms with E-state index in [9.17, 15) is 22.0 Å². The third kappa shape index (κ3) is 4.62. The number of rotatable bonds is 7. The van der Waals surface area contributed by atoms with E-state index in [2.05, 4.69) is 0 Å². The molecule has 36 heavy (non-hydrogen) atoms. The van der Waals surface area contributed by atoms with Gasteiger partial charge < -0.3 is 4.74 Å². The lowest BCUT2D eigenvalue weighted by molar-refractivity contribution is -0.124. The van der Waals surface area contributed by atoms with Crippen molar-refractivity contribution < 1.29 is 26.7 Å². The Morgan fingerprint density at radius 2 is 1.86 bits per heavy atom. The standard InChI is InChI=1S/C28H27F2NO4S/c1-18-4-3-5-22(14-18)36(33,34)31-17-21(8-11-27(32)28(2)12-13-28)35-26-10-6-19(15-25(26)31)23-16-20(29)7-9-24(23)30/h3-7,9-10,14-16,21H,8,11-13,17H2,1-2H3/t21-/m0/s1. The zero-order valence-corrected chi connectivity index (χ0v) is 20.9. The molecule has 0 amide bonds. The number of sulfonamides is 1. The molecule has 0 bridgehead atoms. The van der Waals surface area contributed by atoms with Crippen LogP contribution in [-0.4, -0.2) is 26.8 Å². The van der Waals surface area contributed by atoms with Gasteiger partial charge in [0.05, 0.1) is 17.1 Å². The van der Waals surface area contributed by atoms with Crippen LogP contribution in [0.1, 0.15) is 38.2 Å². The summed E-state index contributed by atoms with van der Waals surface area (Å²) >= 11 is 0. The van der Waals surface area contributed by atoms with Crippen molar-refractivity contribution in [3.63, 3.8) is 0 Å². The van der Waals surface area contributed by atoms with E-state index in [4.69, 9.17) is 4.74 Å². The first-order valence-electron chi connectivity index (χ1n) is 12.0. The van der Waals surface area contributed by atoms with Crippen molar-refractivity contribution in [3.8, 4) is 16.9 Å². The van der Waals surface area contributed by atoms with Crippen molar-refractivity contribution in [1.29, 1.82) is 0 Å². The maximum Gasteiger partial charge on any atom is 0.264 e. The summed E-state index contributed by atoms with van der Waals surface area (Å²) in [5.41, 5.74) is 1.13. The largest absolute Gasteiger partial charge is 0.486 e. The zero-order chi connectivity index (χ0) is 25.7. The Hall–Kier alpha value is -3.26. The number of carbonyl (C=O) groups is 1. The first-order valence-corrected chi connectivity index (χ1v) is 13.4. The van der Waals surface area contributed by atoms with Gasteiger partial charge in [0.1, 0.15) is 29.3 Å². The van der Waals surface area contributed by atoms with E-state index in [1.807, 2.05) is 19.9 Å². The number of anilines is 1. The molecule has 5 nitrogen and oxygen atoms in total. The molecule has 1 aliphatic carbocycles. The molecule has 1 fully saturated rings. The first-order chi connectivity index (χ1) is 17.1. The number of aryl methyl sites for hydroxylation is 1. The highest BCUT2D eigenvalue weighted by Crippen LogP contribution is 2.47. The third-order valence-corrected chi connectivity index (χ3v) is 8.85. The topological polar surface area (TPSA) is 63.7 Å². The van der Waals surface area contributed by atoms with E-state index < -0.39 is 27.8 Å². The van der Waals surface area contributed by atoms with Crippen LogP contribution in [0.2, 0.25) is 0 Å². The van der Waals surface area contributed by atoms with Gasteiger partial charge in [-0.25, -0.2) is 17.2 Å². The smallest absolute Gasteiger partial charge is 0.264 e. The van der Waals surface area contributed by atoms with E-state index in [0.29, 0.717) is 24.2 Å². The van der Waals surface area contributed by atoms with Crippen LogP contribution < -0.4 is 9.04 Å². The molecule has 1 saturated carbocycles. The second-order valence-corrected chi connectivity index (χ2v) is 11.8. The van der Waals surface area contributed by atoms with Crippen LogP contribution in [0.5, 0.6) is 5.75 Å². The normalized spacial score (nSPS) is 18.3. The fourth-order valence-corrected chi connectivity index (χ4v) is 6.14. The summed E-state index contributed by atoms with van der Waals surface area (Å²) in [6, 6.07) is 14.4. The molecule has 0 radical (unpaired) electrons. The average molecular weight is 512 g/mol. The molecule has 1 aliphatic heterocycles. The van der Waals surface area contributed by atoms with Crippen molar-refractivity contribution in [2.24, 2.45) is 5.41 Å². The Morgan fingerprint density at radius 3 is 2.58 bits per heavy atom. The van der Waals surface area contributed by atoms with Gasteiger partial charge in [0, 0.05) is 17.4 Å². The van der Waals surface area contributed by atoms with Crippen molar-refractivity contribution in [2.75, 3.05) is 10.8 Å². The highest BCUT2D eigenvalue weighted by molar-refractivity contribution is 7.92. The summed E-state index contributed by atoms with van der Waals surface area (Å²) in [5.74, 6) is -0.736. The van der Waals surface area contributed by atoms with Gasteiger partial charge in [0.15, 0.2) is 0 Å². The number of nitrogens with zero attached hydrogens (tertiary/aromatic N) is 1. The third-order valence-electron chi connectivity index (χ3n) is 7.07. The molecule has 8 heteroatoms. The molecular formula is C28H27F2NO4S. The van der Waals surface area contributed by atoms with Crippen LogP contribution in [0.4, 0.5) is 14.5 Å². The maximum absolute atomic E-state index is 14.5. The predicted molar refractivity (Wildman–Crippen MR) is 134 cm³/mol. The maximum atomic E-state index is 14.5. The van der Waals surface area contributed by atoms with Crippen LogP contribution in [0.15, 0.2) is 65.6 Å². The van der Waals surface area contributed by atoms with E-state index in [-0.39, 0.29) is 33.9 Å². The van der Waals surface area contributed by atoms with Gasteiger partial charge >= 0.3 is 0 Å². The SMILES string of the molecule is Cc1cccc(S(=O)(=O)N2C[C@H](CCC(=O)C3(C)CC3)Oc3ccc(-c4cc(F)ccc4F)cc32)c1. The summed E-state index contributed by atoms with van der Waals surface area (Å²) < 4.78 is 63.3. The van der Waals surface area contributed by atoms with Crippen LogP contribution in [0.25, 0.3) is 11.1 Å². The molecule has 1 atom stereocenters. The molecule has 3 aromatic carbocycles. The summed E-state index contributed by atoms with van der Waals surface area (Å²) in [6.07, 6.45) is 1.93. The van der Waals surface area contributed by atoms with Crippen molar-refractivity contribution in [3.05, 3.63) is 77.9 Å². The minimum atomic E-state index is -4.00. The molecule has 188 valence electrons. The fraction of sp³-hybridized carbons (Fsp3) is 0.321. The highest BCUT2D eigenvalue weighted by atomic mass is 32.2. The van der Waals surface area contributed by atoms with Crippen LogP contribution >= 0.6 is 0 Å². The van der Waals surface area contributed by atoms with Gasteiger partial charge in [0.2, 0.25) is 0 Å². The molecule has 1 heterocycles. The molecule has 3 aromatic rings. The molecule has 2 aliphatic rings. The Bertz CT molecular complexity index is 1450. The Kier molecular flexibility index (Phi) is 6.11. The van der Waals surface area contributed by atoms with Crippen LogP contribution in [0, 0.1) is 24.0 Å². The summed E-state index contributed by atoms with van der Waals surface area (Å²) in [5, 5.41) is 0. The minimum absolute atomic E-state index is 0.00234. The number of fused-ring (bicyclic) bond motifs is 1. The number of carbonyl (C=O) groups excluding carboxylic acids is 1. The second kappa shape index (κ2) is 9.00. The van der Waals surface area contributed by atoms with Crippen LogP contribution in [-0.2, 0) is 14.8 Å². The second-order valence-electron chi connectivity index (χ2n) is 9.92. The number of hydrogen-bond donors (Lipinski definition) is 0. The van der Waals surface area contributed by atoms with Crippen LogP contribution in [0.3, 0.4) is 0 Å². The highest BCUT2D eigenvalue weighted by Gasteiger charge is 2.44. The number of Topliss-reactive ketones (excluding diaryl/α,β-unsaturated/α-hetero) is 1. The predicted octanol–water partition coefficient (Wildman–Crippen LogP) is 6.05. The van der Waals surface area contributed by atoms with Gasteiger partial charge in [-0.2, -0.15) is 0 Å². The van der Waals surface area contributed by atoms with Crippen molar-refractivity contribution >= 4 is 21.5 Å². The monoisotopic (exact) mass is 511 g/mol. The van der Waals surface area contributed by atoms with E-state index >= 15 is 0 Å². The van der Waals surface area contributed by atoms with Crippen molar-refractivity contribution in [2.45, 2.75) is 50.5 Å². The van der Waals surface area contributed by atoms with Gasteiger partial charge in [-0.1, -0.05) is 25.1 Å². The minimum Gasteiger partial charge on any atom is -0.486 e. The quantitative estimate of drug-likeness (QED) is 0.388. The van der Waals surface area contributed by atoms with Gasteiger partial charge in [-0.15, -0.1) is 0 Å². The molecule has 0 aromatic heterocycles. The Labute approximate surface area is 209 Å². The molecule has 0 saturated heterocycles. The lowest BCUT2D eigenvalue weighted by Gasteiger charge is -2.36. The molecular weight excluding hydrogens is 484 g/mol. The van der Waals surface area contributed by atoms with Gasteiger partial charge in [0.25, 0.3) is 10.0 Å². The number of halogens is 2. The average Bonchev–Trinajstić information content (AvgIpc) is 3.61. The number of benzene rings is 3. The van der Waals surface area contributed by atoms with Gasteiger partial charge in [-0.3, -0.25) is 9.10 Å². The number of ketones is 1. The number of ether oxygens (including phenoxy) is 1. The lowest BCUT2D eigenvalue weighted by Crippen LogP contribution is -2.43. The zero-order valence-electron chi connectivity index (χ0n) is 20.1. The summed E-state index contributed by atoms with van der Waals surface area (Å²) in [6.45, 7) is 3.76. The van der Waals surface area contributed by atoms with E-state index in [0.717, 1.165) is 36.6 Å². The van der Waals surface area contributed by atoms with Crippen molar-refractivity contribution in [1.82, 2.24) is 0 Å². The van der Waals surface area contributed by atoms with E-state index in [1.165, 1.54) is 16.4 Å². The Morgan fingerprint density at radius 1 is 1.08 bits per heavy atom. The number of hydrogen-bond acceptors (Lipinski definition) is 4. The molecule has 5 rings (SSSR count). The first kappa shape index (κ1) is 24.4. The summed E-state index contributed by atoms with van der Waals surface area (Å²) in [4.78, 5) is 12.7. The Balaban J connectivity index is 1.54.